The fraction of sp³-hybridized carbons (Fsp3) is 0.136. The van der Waals surface area contributed by atoms with Gasteiger partial charge in [0.1, 0.15) is 16.9 Å². The van der Waals surface area contributed by atoms with E-state index in [9.17, 15) is 24.5 Å². The summed E-state index contributed by atoms with van der Waals surface area (Å²) in [5, 5.41) is 11.2. The van der Waals surface area contributed by atoms with Gasteiger partial charge in [-0.1, -0.05) is 17.7 Å². The number of rotatable bonds is 4. The Morgan fingerprint density at radius 1 is 1.21 bits per heavy atom. The van der Waals surface area contributed by atoms with Crippen LogP contribution in [-0.2, 0) is 11.8 Å². The number of ether oxygens (including phenoxy) is 1. The molecule has 0 N–H and O–H groups in total. The quantitative estimate of drug-likeness (QED) is 0.189. The summed E-state index contributed by atoms with van der Waals surface area (Å²) < 4.78 is 7.73. The highest BCUT2D eigenvalue weighted by atomic mass is 35.5. The molecule has 0 unspecified atom stereocenters. The van der Waals surface area contributed by atoms with Gasteiger partial charge in [0, 0.05) is 25.4 Å². The Labute approximate surface area is 195 Å². The van der Waals surface area contributed by atoms with Gasteiger partial charge in [0.15, 0.2) is 5.49 Å². The summed E-state index contributed by atoms with van der Waals surface area (Å²) in [7, 11) is 1.48. The lowest BCUT2D eigenvalue weighted by Crippen LogP contribution is -2.31. The summed E-state index contributed by atoms with van der Waals surface area (Å²) >= 11 is 6.08. The molecule has 0 saturated heterocycles. The molecule has 3 heterocycles. The molecule has 0 atom stereocenters. The van der Waals surface area contributed by atoms with Crippen LogP contribution in [0.1, 0.15) is 27.6 Å². The molecule has 0 radical (unpaired) electrons. The third kappa shape index (κ3) is 3.92. The average Bonchev–Trinajstić information content (AvgIpc) is 2.81. The Morgan fingerprint density at radius 2 is 1.97 bits per heavy atom. The lowest BCUT2D eigenvalue weighted by molar-refractivity contribution is -0.384. The van der Waals surface area contributed by atoms with Crippen LogP contribution >= 0.6 is 11.6 Å². The summed E-state index contributed by atoms with van der Waals surface area (Å²) in [4.78, 5) is 57.7. The maximum absolute atomic E-state index is 13.1. The van der Waals surface area contributed by atoms with Gasteiger partial charge in [0.25, 0.3) is 17.2 Å². The van der Waals surface area contributed by atoms with Crippen molar-refractivity contribution in [3.63, 3.8) is 0 Å². The predicted molar refractivity (Wildman–Crippen MR) is 122 cm³/mol. The highest BCUT2D eigenvalue weighted by Crippen LogP contribution is 2.22. The van der Waals surface area contributed by atoms with Crippen molar-refractivity contribution in [3.05, 3.63) is 90.8 Å². The monoisotopic (exact) mass is 481 g/mol. The number of pyridine rings is 2. The van der Waals surface area contributed by atoms with E-state index in [4.69, 9.17) is 16.3 Å². The number of hydrogen-bond acceptors (Lipinski definition) is 7. The third-order valence-electron chi connectivity index (χ3n) is 5.01. The molecule has 0 saturated carbocycles. The molecule has 0 bridgehead atoms. The van der Waals surface area contributed by atoms with Crippen LogP contribution < -0.4 is 11.0 Å². The maximum Gasteiger partial charge on any atom is 0.341 e. The lowest BCUT2D eigenvalue weighted by Gasteiger charge is -2.11. The molecule has 1 aromatic carbocycles. The number of benzene rings is 1. The highest BCUT2D eigenvalue weighted by Gasteiger charge is 2.20. The fourth-order valence-electron chi connectivity index (χ4n) is 3.40. The first-order chi connectivity index (χ1) is 16.2. The fourth-order valence-corrected chi connectivity index (χ4v) is 3.60. The van der Waals surface area contributed by atoms with Crippen molar-refractivity contribution in [1.29, 1.82) is 0 Å². The minimum atomic E-state index is -0.924. The van der Waals surface area contributed by atoms with Crippen molar-refractivity contribution in [3.8, 4) is 0 Å². The van der Waals surface area contributed by atoms with E-state index in [0.29, 0.717) is 5.65 Å². The Kier molecular flexibility index (Phi) is 5.95. The molecule has 0 aliphatic rings. The van der Waals surface area contributed by atoms with Gasteiger partial charge in [-0.2, -0.15) is 4.99 Å². The second-order valence-electron chi connectivity index (χ2n) is 7.08. The first kappa shape index (κ1) is 22.8. The van der Waals surface area contributed by atoms with Gasteiger partial charge in [-0.15, -0.1) is 0 Å². The van der Waals surface area contributed by atoms with E-state index in [2.05, 4.69) is 9.98 Å². The van der Waals surface area contributed by atoms with Crippen molar-refractivity contribution >= 4 is 45.8 Å². The topological polar surface area (TPSA) is 138 Å². The molecule has 0 aliphatic carbocycles. The number of aromatic nitrogens is 3. The average molecular weight is 482 g/mol. The number of nitro benzene ring substituents is 1. The van der Waals surface area contributed by atoms with Crippen molar-refractivity contribution < 1.29 is 19.2 Å². The zero-order valence-electron chi connectivity index (χ0n) is 17.9. The van der Waals surface area contributed by atoms with Crippen LogP contribution in [0.5, 0.6) is 0 Å². The molecule has 12 heteroatoms. The van der Waals surface area contributed by atoms with E-state index >= 15 is 0 Å². The van der Waals surface area contributed by atoms with Crippen LogP contribution in [0, 0.1) is 10.1 Å². The van der Waals surface area contributed by atoms with Gasteiger partial charge in [-0.3, -0.25) is 24.1 Å². The molecule has 3 aromatic heterocycles. The number of halogens is 1. The minimum absolute atomic E-state index is 0.0413. The van der Waals surface area contributed by atoms with Gasteiger partial charge < -0.3 is 9.30 Å². The standard InChI is InChI=1S/C22H16ClN5O6/c1-3-34-22(31)15-11-14-18(24-17-6-4-5-9-27(17)21(14)30)26(2)19(15)25-20(29)13-10-12(28(32)33)7-8-16(13)23/h4-11H,3H2,1-2H3. The van der Waals surface area contributed by atoms with E-state index in [1.807, 2.05) is 0 Å². The van der Waals surface area contributed by atoms with Crippen molar-refractivity contribution in [2.24, 2.45) is 12.0 Å². The van der Waals surface area contributed by atoms with Crippen molar-refractivity contribution in [2.75, 3.05) is 6.61 Å². The zero-order valence-corrected chi connectivity index (χ0v) is 18.6. The van der Waals surface area contributed by atoms with Crippen LogP contribution in [0.4, 0.5) is 5.69 Å². The first-order valence-corrected chi connectivity index (χ1v) is 10.3. The summed E-state index contributed by atoms with van der Waals surface area (Å²) in [6, 6.07) is 9.63. The number of carbonyl (C=O) groups is 2. The number of nitro groups is 1. The van der Waals surface area contributed by atoms with Crippen LogP contribution in [0.15, 0.2) is 58.4 Å². The molecule has 0 spiro atoms. The second kappa shape index (κ2) is 8.87. The van der Waals surface area contributed by atoms with E-state index in [1.54, 1.807) is 31.3 Å². The number of amides is 1. The van der Waals surface area contributed by atoms with Gasteiger partial charge in [-0.25, -0.2) is 9.78 Å². The lowest BCUT2D eigenvalue weighted by atomic mass is 10.2. The summed E-state index contributed by atoms with van der Waals surface area (Å²) in [6.45, 7) is 1.65. The number of carbonyl (C=O) groups excluding carboxylic acids is 2. The molecule has 1 amide bonds. The van der Waals surface area contributed by atoms with Gasteiger partial charge in [0.2, 0.25) is 0 Å². The maximum atomic E-state index is 13.1. The second-order valence-corrected chi connectivity index (χ2v) is 7.49. The SMILES string of the molecule is CCOC(=O)c1cc2c(=O)n3ccccc3nc2n(C)c1=NC(=O)c1cc([N+](=O)[O-])ccc1Cl. The zero-order chi connectivity index (χ0) is 24.6. The van der Waals surface area contributed by atoms with Gasteiger partial charge in [-0.05, 0) is 31.2 Å². The molecule has 11 nitrogen and oxygen atoms in total. The number of non-ortho nitro benzene ring substituents is 1. The number of esters is 1. The normalized spacial score (nSPS) is 11.7. The van der Waals surface area contributed by atoms with Crippen LogP contribution in [-0.4, -0.2) is 37.4 Å². The summed E-state index contributed by atoms with van der Waals surface area (Å²) in [6.07, 6.45) is 1.54. The first-order valence-electron chi connectivity index (χ1n) is 9.94. The van der Waals surface area contributed by atoms with E-state index in [1.165, 1.54) is 28.1 Å². The smallest absolute Gasteiger partial charge is 0.341 e. The number of nitrogens with zero attached hydrogens (tertiary/aromatic N) is 5. The molecule has 34 heavy (non-hydrogen) atoms. The Morgan fingerprint density at radius 3 is 2.68 bits per heavy atom. The van der Waals surface area contributed by atoms with Crippen molar-refractivity contribution in [1.82, 2.24) is 14.0 Å². The predicted octanol–water partition coefficient (Wildman–Crippen LogP) is 2.67. The Balaban J connectivity index is 2.05. The molecule has 4 aromatic rings. The van der Waals surface area contributed by atoms with Gasteiger partial charge in [0.05, 0.1) is 27.5 Å². The Bertz CT molecular complexity index is 1640. The van der Waals surface area contributed by atoms with Crippen LogP contribution in [0.2, 0.25) is 5.02 Å². The van der Waals surface area contributed by atoms with Crippen molar-refractivity contribution in [2.45, 2.75) is 6.92 Å². The van der Waals surface area contributed by atoms with Crippen LogP contribution in [0.3, 0.4) is 0 Å². The van der Waals surface area contributed by atoms with Gasteiger partial charge >= 0.3 is 5.97 Å². The molecule has 172 valence electrons. The third-order valence-corrected chi connectivity index (χ3v) is 5.34. The molecule has 0 aliphatic heterocycles. The van der Waals surface area contributed by atoms with E-state index in [-0.39, 0.29) is 45.0 Å². The Hall–Kier alpha value is -4.38. The number of aryl methyl sites for hydroxylation is 1. The van der Waals surface area contributed by atoms with E-state index in [0.717, 1.165) is 12.1 Å². The molecule has 4 rings (SSSR count). The molecular weight excluding hydrogens is 466 g/mol. The molecular formula is C22H16ClN5O6. The van der Waals surface area contributed by atoms with Crippen LogP contribution in [0.25, 0.3) is 16.7 Å². The summed E-state index contributed by atoms with van der Waals surface area (Å²) in [5.74, 6) is -1.74. The minimum Gasteiger partial charge on any atom is -0.462 e. The molecule has 0 fully saturated rings. The number of hydrogen-bond donors (Lipinski definition) is 0. The highest BCUT2D eigenvalue weighted by molar-refractivity contribution is 6.34. The van der Waals surface area contributed by atoms with E-state index < -0.39 is 22.4 Å². The summed E-state index contributed by atoms with van der Waals surface area (Å²) in [5.41, 5.74) is -0.789. The number of fused-ring (bicyclic) bond motifs is 2. The largest absolute Gasteiger partial charge is 0.462 e.